The van der Waals surface area contributed by atoms with Crippen molar-refractivity contribution in [2.45, 2.75) is 44.4 Å². The van der Waals surface area contributed by atoms with Crippen molar-refractivity contribution in [1.82, 2.24) is 20.3 Å². The van der Waals surface area contributed by atoms with Crippen LogP contribution in [0.2, 0.25) is 0 Å². The summed E-state index contributed by atoms with van der Waals surface area (Å²) in [5.74, 6) is 2.49. The van der Waals surface area contributed by atoms with Gasteiger partial charge in [0.05, 0.1) is 11.9 Å². The normalized spacial score (nSPS) is 16.4. The first-order chi connectivity index (χ1) is 13.3. The lowest BCUT2D eigenvalue weighted by Crippen LogP contribution is -2.35. The molecule has 2 aliphatic rings. The summed E-state index contributed by atoms with van der Waals surface area (Å²) in [6.45, 7) is 1.47. The second-order valence-corrected chi connectivity index (χ2v) is 7.34. The molecule has 2 aromatic rings. The number of carbonyl (C=O) groups is 1. The summed E-state index contributed by atoms with van der Waals surface area (Å²) in [7, 11) is 0. The molecule has 0 aliphatic heterocycles. The van der Waals surface area contributed by atoms with Crippen molar-refractivity contribution in [1.29, 1.82) is 0 Å². The van der Waals surface area contributed by atoms with Gasteiger partial charge in [-0.1, -0.05) is 6.42 Å². The lowest BCUT2D eigenvalue weighted by Gasteiger charge is -2.24. The summed E-state index contributed by atoms with van der Waals surface area (Å²) >= 11 is 0. The maximum Gasteiger partial charge on any atom is 0.229 e. The second-order valence-electron chi connectivity index (χ2n) is 7.34. The van der Waals surface area contributed by atoms with E-state index in [0.717, 1.165) is 37.3 Å². The molecule has 3 N–H and O–H groups in total. The Morgan fingerprint density at radius 3 is 2.74 bits per heavy atom. The maximum absolute atomic E-state index is 11.9. The number of nitrogens with one attached hydrogen (secondary N) is 3. The number of rotatable bonds is 9. The first kappa shape index (κ1) is 17.7. The highest BCUT2D eigenvalue weighted by Gasteiger charge is 2.27. The van der Waals surface area contributed by atoms with Crippen LogP contribution in [0.15, 0.2) is 30.7 Å². The average Bonchev–Trinajstić information content (AvgIpc) is 3.46. The van der Waals surface area contributed by atoms with Crippen molar-refractivity contribution in [3.8, 4) is 0 Å². The Morgan fingerprint density at radius 2 is 2.04 bits per heavy atom. The molecule has 0 aromatic carbocycles. The zero-order valence-corrected chi connectivity index (χ0v) is 15.4. The van der Waals surface area contributed by atoms with Crippen LogP contribution in [-0.4, -0.2) is 33.9 Å². The summed E-state index contributed by atoms with van der Waals surface area (Å²) in [5, 5.41) is 9.66. The molecule has 2 saturated carbocycles. The van der Waals surface area contributed by atoms with Crippen molar-refractivity contribution in [3.63, 3.8) is 0 Å². The minimum Gasteiger partial charge on any atom is -0.370 e. The van der Waals surface area contributed by atoms with E-state index in [4.69, 9.17) is 0 Å². The van der Waals surface area contributed by atoms with E-state index in [-0.39, 0.29) is 11.8 Å². The van der Waals surface area contributed by atoms with Crippen LogP contribution in [-0.2, 0) is 4.79 Å². The van der Waals surface area contributed by atoms with E-state index < -0.39 is 0 Å². The number of hydrogen-bond acceptors (Lipinski definition) is 6. The first-order valence-corrected chi connectivity index (χ1v) is 9.85. The van der Waals surface area contributed by atoms with E-state index in [1.807, 2.05) is 18.3 Å². The third-order valence-electron chi connectivity index (χ3n) is 5.17. The number of carbonyl (C=O) groups excluding carboxylic acids is 1. The third-order valence-corrected chi connectivity index (χ3v) is 5.17. The van der Waals surface area contributed by atoms with Crippen LogP contribution in [0.25, 0.3) is 0 Å². The molecule has 7 nitrogen and oxygen atoms in total. The quantitative estimate of drug-likeness (QED) is 0.590. The van der Waals surface area contributed by atoms with Gasteiger partial charge in [0, 0.05) is 37.0 Å². The van der Waals surface area contributed by atoms with Gasteiger partial charge in [0.2, 0.25) is 11.9 Å². The van der Waals surface area contributed by atoms with Gasteiger partial charge in [-0.2, -0.15) is 4.98 Å². The van der Waals surface area contributed by atoms with E-state index in [9.17, 15) is 4.79 Å². The number of nitrogens with zero attached hydrogens (tertiary/aromatic N) is 3. The molecular formula is C20H26N6O. The highest BCUT2D eigenvalue weighted by atomic mass is 16.1. The Labute approximate surface area is 159 Å². The van der Waals surface area contributed by atoms with E-state index >= 15 is 0 Å². The number of hydrogen-bond donors (Lipinski definition) is 3. The van der Waals surface area contributed by atoms with Crippen LogP contribution in [0.4, 0.5) is 17.5 Å². The van der Waals surface area contributed by atoms with E-state index in [1.165, 1.54) is 24.8 Å². The molecular weight excluding hydrogens is 340 g/mol. The fraction of sp³-hybridized carbons (Fsp3) is 0.500. The molecule has 0 radical (unpaired) electrons. The molecule has 7 heteroatoms. The van der Waals surface area contributed by atoms with Crippen molar-refractivity contribution in [2.75, 3.05) is 23.7 Å². The lowest BCUT2D eigenvalue weighted by atomic mass is 9.85. The van der Waals surface area contributed by atoms with Gasteiger partial charge in [-0.25, -0.2) is 4.98 Å². The van der Waals surface area contributed by atoms with Crippen LogP contribution in [0.1, 0.15) is 50.0 Å². The second kappa shape index (κ2) is 8.33. The Hall–Kier alpha value is -2.70. The van der Waals surface area contributed by atoms with Gasteiger partial charge in [0.15, 0.2) is 0 Å². The molecule has 4 rings (SSSR count). The summed E-state index contributed by atoms with van der Waals surface area (Å²) < 4.78 is 0. The zero-order valence-electron chi connectivity index (χ0n) is 15.4. The molecule has 0 spiro atoms. The highest BCUT2D eigenvalue weighted by Crippen LogP contribution is 2.42. The largest absolute Gasteiger partial charge is 0.370 e. The van der Waals surface area contributed by atoms with Crippen LogP contribution in [0, 0.1) is 5.92 Å². The topological polar surface area (TPSA) is 91.8 Å². The Kier molecular flexibility index (Phi) is 5.46. The van der Waals surface area contributed by atoms with Crippen LogP contribution >= 0.6 is 0 Å². The molecule has 0 unspecified atom stereocenters. The van der Waals surface area contributed by atoms with Crippen LogP contribution in [0.3, 0.4) is 0 Å². The minimum absolute atomic E-state index is 0.213. The number of pyridine rings is 1. The average molecular weight is 366 g/mol. The molecule has 0 saturated heterocycles. The van der Waals surface area contributed by atoms with Gasteiger partial charge < -0.3 is 16.0 Å². The number of anilines is 3. The van der Waals surface area contributed by atoms with Crippen molar-refractivity contribution in [2.24, 2.45) is 5.92 Å². The van der Waals surface area contributed by atoms with Crippen molar-refractivity contribution >= 4 is 23.4 Å². The molecule has 2 aromatic heterocycles. The van der Waals surface area contributed by atoms with E-state index in [1.54, 1.807) is 12.4 Å². The van der Waals surface area contributed by atoms with Gasteiger partial charge in [-0.15, -0.1) is 0 Å². The molecule has 0 atom stereocenters. The van der Waals surface area contributed by atoms with Gasteiger partial charge in [-0.3, -0.25) is 9.78 Å². The monoisotopic (exact) mass is 366 g/mol. The summed E-state index contributed by atoms with van der Waals surface area (Å²) in [6, 6.07) is 3.81. The molecule has 142 valence electrons. The van der Waals surface area contributed by atoms with E-state index in [0.29, 0.717) is 18.4 Å². The minimum atomic E-state index is 0.213. The smallest absolute Gasteiger partial charge is 0.229 e. The van der Waals surface area contributed by atoms with Gasteiger partial charge in [0.25, 0.3) is 0 Å². The Bertz CT molecular complexity index is 773. The van der Waals surface area contributed by atoms with E-state index in [2.05, 4.69) is 30.9 Å². The Morgan fingerprint density at radius 1 is 1.15 bits per heavy atom. The Balaban J connectivity index is 1.31. The fourth-order valence-electron chi connectivity index (χ4n) is 3.17. The fourth-order valence-corrected chi connectivity index (χ4v) is 3.17. The first-order valence-electron chi connectivity index (χ1n) is 9.85. The molecule has 27 heavy (non-hydrogen) atoms. The molecule has 1 amide bonds. The molecule has 2 aliphatic carbocycles. The zero-order chi connectivity index (χ0) is 18.5. The number of aromatic nitrogens is 3. The molecule has 2 fully saturated rings. The van der Waals surface area contributed by atoms with Crippen LogP contribution < -0.4 is 16.0 Å². The maximum atomic E-state index is 11.9. The molecule has 2 heterocycles. The van der Waals surface area contributed by atoms with Gasteiger partial charge in [0.1, 0.15) is 5.82 Å². The SMILES string of the molecule is O=C(NCCCNc1nc(Nc2cccnc2)ncc1C1CC1)C1CCC1. The molecule has 0 bridgehead atoms. The summed E-state index contributed by atoms with van der Waals surface area (Å²) in [6.07, 6.45) is 11.9. The standard InChI is InChI=1S/C20H26N6O/c27-19(15-4-1-5-15)23-11-3-10-22-18-17(14-7-8-14)13-24-20(26-18)25-16-6-2-9-21-12-16/h2,6,9,12-15H,1,3-5,7-8,10-11H2,(H,23,27)(H2,22,24,25,26). The van der Waals surface area contributed by atoms with Crippen LogP contribution in [0.5, 0.6) is 0 Å². The van der Waals surface area contributed by atoms with Crippen molar-refractivity contribution in [3.05, 3.63) is 36.3 Å². The predicted molar refractivity (Wildman–Crippen MR) is 105 cm³/mol. The summed E-state index contributed by atoms with van der Waals surface area (Å²) in [4.78, 5) is 25.1. The highest BCUT2D eigenvalue weighted by molar-refractivity contribution is 5.79. The van der Waals surface area contributed by atoms with Gasteiger partial charge in [-0.05, 0) is 50.2 Å². The number of amides is 1. The third kappa shape index (κ3) is 4.72. The van der Waals surface area contributed by atoms with Crippen molar-refractivity contribution < 1.29 is 4.79 Å². The lowest BCUT2D eigenvalue weighted by molar-refractivity contribution is -0.127. The predicted octanol–water partition coefficient (Wildman–Crippen LogP) is 3.21. The summed E-state index contributed by atoms with van der Waals surface area (Å²) in [5.41, 5.74) is 2.05. The van der Waals surface area contributed by atoms with Gasteiger partial charge >= 0.3 is 0 Å².